The molecule has 0 aromatic carbocycles. The van der Waals surface area contributed by atoms with Crippen LogP contribution in [0.5, 0.6) is 5.75 Å². The highest BCUT2D eigenvalue weighted by Crippen LogP contribution is 2.21. The first kappa shape index (κ1) is 13.9. The fraction of sp³-hybridized carbons (Fsp3) is 0.692. The molecule has 1 aromatic heterocycles. The van der Waals surface area contributed by atoms with Gasteiger partial charge >= 0.3 is 0 Å². The minimum absolute atomic E-state index is 0.0105. The van der Waals surface area contributed by atoms with Gasteiger partial charge in [0.25, 0.3) is 5.91 Å². The van der Waals surface area contributed by atoms with Crippen molar-refractivity contribution in [2.75, 3.05) is 26.7 Å². The van der Waals surface area contributed by atoms with Crippen LogP contribution in [0.3, 0.4) is 0 Å². The van der Waals surface area contributed by atoms with E-state index >= 15 is 0 Å². The lowest BCUT2D eigenvalue weighted by Crippen LogP contribution is -2.41. The zero-order valence-corrected chi connectivity index (χ0v) is 12.1. The van der Waals surface area contributed by atoms with Crippen molar-refractivity contribution in [2.45, 2.75) is 26.3 Å². The molecule has 1 fully saturated rings. The number of carbonyl (C=O) groups excluding carboxylic acids is 1. The normalized spacial score (nSPS) is 18.6. The van der Waals surface area contributed by atoms with E-state index in [0.29, 0.717) is 5.75 Å². The third-order valence-corrected chi connectivity index (χ3v) is 3.76. The van der Waals surface area contributed by atoms with Gasteiger partial charge < -0.3 is 15.0 Å². The van der Waals surface area contributed by atoms with Crippen LogP contribution >= 0.6 is 0 Å². The van der Waals surface area contributed by atoms with E-state index in [1.54, 1.807) is 9.58 Å². The molecule has 0 aliphatic carbocycles. The van der Waals surface area contributed by atoms with Crippen LogP contribution in [0.25, 0.3) is 0 Å². The molecule has 6 heteroatoms. The van der Waals surface area contributed by atoms with Crippen LogP contribution in [-0.4, -0.2) is 53.4 Å². The summed E-state index contributed by atoms with van der Waals surface area (Å²) >= 11 is 0. The number of aromatic nitrogens is 2. The molecule has 106 valence electrons. The van der Waals surface area contributed by atoms with Crippen LogP contribution in [-0.2, 0) is 11.8 Å². The zero-order chi connectivity index (χ0) is 14.0. The van der Waals surface area contributed by atoms with E-state index < -0.39 is 0 Å². The summed E-state index contributed by atoms with van der Waals surface area (Å²) in [6.07, 6.45) is 1.01. The number of hydrogen-bond acceptors (Lipinski definition) is 4. The van der Waals surface area contributed by atoms with Crippen LogP contribution in [0.2, 0.25) is 0 Å². The molecule has 6 nitrogen and oxygen atoms in total. The Morgan fingerprint density at radius 3 is 2.84 bits per heavy atom. The van der Waals surface area contributed by atoms with E-state index in [-0.39, 0.29) is 18.6 Å². The van der Waals surface area contributed by atoms with Gasteiger partial charge in [0.2, 0.25) is 0 Å². The fourth-order valence-corrected chi connectivity index (χ4v) is 2.37. The van der Waals surface area contributed by atoms with Gasteiger partial charge in [0.15, 0.2) is 12.4 Å². The molecule has 2 heterocycles. The average Bonchev–Trinajstić information content (AvgIpc) is 2.97. The maximum atomic E-state index is 12.1. The van der Waals surface area contributed by atoms with Gasteiger partial charge in [-0.25, -0.2) is 0 Å². The fourth-order valence-electron chi connectivity index (χ4n) is 2.37. The van der Waals surface area contributed by atoms with Gasteiger partial charge in [-0.15, -0.1) is 0 Å². The Bertz CT molecular complexity index is 463. The van der Waals surface area contributed by atoms with E-state index in [2.05, 4.69) is 10.4 Å². The first-order valence-electron chi connectivity index (χ1n) is 6.60. The van der Waals surface area contributed by atoms with Crippen LogP contribution in [0.4, 0.5) is 0 Å². The summed E-state index contributed by atoms with van der Waals surface area (Å²) < 4.78 is 7.40. The van der Waals surface area contributed by atoms with Crippen molar-refractivity contribution < 1.29 is 9.53 Å². The number of rotatable bonds is 4. The second-order valence-electron chi connectivity index (χ2n) is 5.06. The van der Waals surface area contributed by atoms with Crippen LogP contribution < -0.4 is 10.1 Å². The molecule has 0 radical (unpaired) electrons. The first-order valence-corrected chi connectivity index (χ1v) is 6.60. The largest absolute Gasteiger partial charge is 0.480 e. The number of amides is 1. The number of likely N-dealkylation sites (N-methyl/N-ethyl adjacent to an activating group) is 1. The summed E-state index contributed by atoms with van der Waals surface area (Å²) in [5.74, 6) is 0.727. The summed E-state index contributed by atoms with van der Waals surface area (Å²) in [5.41, 5.74) is 1.76. The van der Waals surface area contributed by atoms with Gasteiger partial charge in [0.05, 0.1) is 5.69 Å². The number of carbonyl (C=O) groups is 1. The Balaban J connectivity index is 1.92. The lowest BCUT2D eigenvalue weighted by Gasteiger charge is -2.23. The number of hydrogen-bond donors (Lipinski definition) is 1. The van der Waals surface area contributed by atoms with Crippen molar-refractivity contribution in [3.8, 4) is 5.75 Å². The third-order valence-electron chi connectivity index (χ3n) is 3.76. The Hall–Kier alpha value is -1.56. The van der Waals surface area contributed by atoms with Gasteiger partial charge in [-0.1, -0.05) is 0 Å². The second kappa shape index (κ2) is 5.61. The molecule has 1 aliphatic rings. The van der Waals surface area contributed by atoms with E-state index in [1.807, 2.05) is 27.9 Å². The molecule has 1 atom stereocenters. The number of nitrogens with one attached hydrogen (secondary N) is 1. The van der Waals surface area contributed by atoms with Crippen LogP contribution in [0.1, 0.15) is 17.8 Å². The van der Waals surface area contributed by atoms with E-state index in [4.69, 9.17) is 4.74 Å². The quantitative estimate of drug-likeness (QED) is 0.848. The summed E-state index contributed by atoms with van der Waals surface area (Å²) in [5, 5.41) is 7.52. The smallest absolute Gasteiger partial charge is 0.260 e. The topological polar surface area (TPSA) is 59.4 Å². The van der Waals surface area contributed by atoms with Crippen molar-refractivity contribution in [3.05, 3.63) is 11.4 Å². The molecule has 0 saturated carbocycles. The van der Waals surface area contributed by atoms with E-state index in [0.717, 1.165) is 30.9 Å². The van der Waals surface area contributed by atoms with Gasteiger partial charge in [0, 0.05) is 26.7 Å². The predicted octanol–water partition coefficient (Wildman–Crippen LogP) is 0.236. The number of nitrogens with zero attached hydrogens (tertiary/aromatic N) is 3. The van der Waals surface area contributed by atoms with Crippen molar-refractivity contribution in [1.82, 2.24) is 20.0 Å². The van der Waals surface area contributed by atoms with E-state index in [1.165, 1.54) is 0 Å². The number of aryl methyl sites for hydroxylation is 2. The minimum Gasteiger partial charge on any atom is -0.480 e. The van der Waals surface area contributed by atoms with E-state index in [9.17, 15) is 4.79 Å². The molecule has 1 saturated heterocycles. The Labute approximate surface area is 113 Å². The molecule has 1 aliphatic heterocycles. The minimum atomic E-state index is 0.0105. The van der Waals surface area contributed by atoms with Crippen molar-refractivity contribution in [2.24, 2.45) is 7.05 Å². The lowest BCUT2D eigenvalue weighted by atomic mass is 10.2. The molecule has 0 bridgehead atoms. The van der Waals surface area contributed by atoms with Crippen LogP contribution in [0, 0.1) is 13.8 Å². The maximum Gasteiger partial charge on any atom is 0.260 e. The van der Waals surface area contributed by atoms with Gasteiger partial charge in [0.1, 0.15) is 5.69 Å². The highest BCUT2D eigenvalue weighted by molar-refractivity contribution is 5.78. The SMILES string of the molecule is Cc1nn(C)c(C)c1OCC(=O)N(C)[C@H]1CCNC1. The summed E-state index contributed by atoms with van der Waals surface area (Å²) in [4.78, 5) is 13.9. The van der Waals surface area contributed by atoms with Gasteiger partial charge in [-0.2, -0.15) is 5.10 Å². The van der Waals surface area contributed by atoms with Crippen LogP contribution in [0.15, 0.2) is 0 Å². The second-order valence-corrected chi connectivity index (χ2v) is 5.06. The summed E-state index contributed by atoms with van der Waals surface area (Å²) in [7, 11) is 3.71. The van der Waals surface area contributed by atoms with Crippen molar-refractivity contribution in [1.29, 1.82) is 0 Å². The molecule has 2 rings (SSSR count). The monoisotopic (exact) mass is 266 g/mol. The zero-order valence-electron chi connectivity index (χ0n) is 12.1. The van der Waals surface area contributed by atoms with Gasteiger partial charge in [-0.3, -0.25) is 9.48 Å². The highest BCUT2D eigenvalue weighted by Gasteiger charge is 2.23. The summed E-state index contributed by atoms with van der Waals surface area (Å²) in [6, 6.07) is 0.284. The molecule has 0 spiro atoms. The lowest BCUT2D eigenvalue weighted by molar-refractivity contribution is -0.133. The van der Waals surface area contributed by atoms with Gasteiger partial charge in [-0.05, 0) is 26.8 Å². The maximum absolute atomic E-state index is 12.1. The Morgan fingerprint density at radius 2 is 2.32 bits per heavy atom. The standard InChI is InChI=1S/C13H22N4O2/c1-9-13(10(2)17(4)15-9)19-8-12(18)16(3)11-5-6-14-7-11/h11,14H,5-8H2,1-4H3/t11-/m0/s1. The highest BCUT2D eigenvalue weighted by atomic mass is 16.5. The predicted molar refractivity (Wildman–Crippen MR) is 72.2 cm³/mol. The molecule has 1 N–H and O–H groups in total. The molecular formula is C13H22N4O2. The molecule has 1 amide bonds. The average molecular weight is 266 g/mol. The summed E-state index contributed by atoms with van der Waals surface area (Å²) in [6.45, 7) is 5.74. The first-order chi connectivity index (χ1) is 9.00. The van der Waals surface area contributed by atoms with Crippen molar-refractivity contribution in [3.63, 3.8) is 0 Å². The Kier molecular flexibility index (Phi) is 4.09. The molecule has 1 aromatic rings. The molecular weight excluding hydrogens is 244 g/mol. The third kappa shape index (κ3) is 2.89. The number of ether oxygens (including phenoxy) is 1. The van der Waals surface area contributed by atoms with Crippen molar-refractivity contribution >= 4 is 5.91 Å². The molecule has 19 heavy (non-hydrogen) atoms. The molecule has 0 unspecified atom stereocenters. The Morgan fingerprint density at radius 1 is 1.58 bits per heavy atom.